The van der Waals surface area contributed by atoms with Gasteiger partial charge in [-0.1, -0.05) is 36.4 Å². The third-order valence-corrected chi connectivity index (χ3v) is 4.86. The van der Waals surface area contributed by atoms with Gasteiger partial charge in [-0.15, -0.1) is 0 Å². The summed E-state index contributed by atoms with van der Waals surface area (Å²) >= 11 is 0. The van der Waals surface area contributed by atoms with Crippen molar-refractivity contribution >= 4 is 25.1 Å². The molecular weight excluding hydrogens is 304 g/mol. The minimum absolute atomic E-state index is 0.256. The summed E-state index contributed by atoms with van der Waals surface area (Å²) in [6.45, 7) is 10.2. The Morgan fingerprint density at radius 3 is 2.22 bits per heavy atom. The lowest BCUT2D eigenvalue weighted by Gasteiger charge is -2.36. The van der Waals surface area contributed by atoms with Crippen LogP contribution in [0.3, 0.4) is 0 Å². The van der Waals surface area contributed by atoms with Crippen LogP contribution < -0.4 is 0 Å². The van der Waals surface area contributed by atoms with E-state index in [2.05, 4.69) is 50.0 Å². The second-order valence-corrected chi connectivity index (χ2v) is 11.9. The van der Waals surface area contributed by atoms with Gasteiger partial charge in [-0.25, -0.2) is 0 Å². The number of ether oxygens (including phenoxy) is 1. The fourth-order valence-electron chi connectivity index (χ4n) is 2.73. The van der Waals surface area contributed by atoms with Crippen molar-refractivity contribution in [3.8, 4) is 0 Å². The van der Waals surface area contributed by atoms with Crippen LogP contribution in [0.4, 0.5) is 0 Å². The number of hydrogen-bond acceptors (Lipinski definition) is 3. The van der Waals surface area contributed by atoms with Gasteiger partial charge in [0, 0.05) is 0 Å². The highest BCUT2D eigenvalue weighted by Gasteiger charge is 2.42. The van der Waals surface area contributed by atoms with Gasteiger partial charge in [0.15, 0.2) is 8.32 Å². The molecule has 124 valence electrons. The second-order valence-electron chi connectivity index (χ2n) is 7.43. The van der Waals surface area contributed by atoms with Crippen molar-refractivity contribution in [1.29, 1.82) is 0 Å². The van der Waals surface area contributed by atoms with E-state index in [-0.39, 0.29) is 12.1 Å². The number of esters is 1. The summed E-state index contributed by atoms with van der Waals surface area (Å²) < 4.78 is 11.4. The summed E-state index contributed by atoms with van der Waals surface area (Å²) in [7, 11) is -0.420. The van der Waals surface area contributed by atoms with Gasteiger partial charge in [-0.3, -0.25) is 4.79 Å². The second kappa shape index (κ2) is 6.46. The Morgan fingerprint density at radius 2 is 1.65 bits per heavy atom. The summed E-state index contributed by atoms with van der Waals surface area (Å²) in [4.78, 5) is 12.3. The first-order valence-corrected chi connectivity index (χ1v) is 11.3. The van der Waals surface area contributed by atoms with Crippen molar-refractivity contribution in [2.75, 3.05) is 7.11 Å². The van der Waals surface area contributed by atoms with Crippen LogP contribution in [0.2, 0.25) is 19.6 Å². The fraction of sp³-hybridized carbons (Fsp3) is 0.421. The maximum atomic E-state index is 12.3. The molecule has 0 fully saturated rings. The Balaban J connectivity index is 2.52. The summed E-state index contributed by atoms with van der Waals surface area (Å²) in [5, 5.41) is 2.33. The van der Waals surface area contributed by atoms with Gasteiger partial charge in [-0.05, 0) is 55.9 Å². The first kappa shape index (κ1) is 17.7. The van der Waals surface area contributed by atoms with Gasteiger partial charge in [0.25, 0.3) is 0 Å². The number of methoxy groups -OCH3 is 1. The molecule has 0 saturated carbocycles. The maximum absolute atomic E-state index is 12.3. The average molecular weight is 330 g/mol. The molecule has 0 aliphatic carbocycles. The summed E-state index contributed by atoms with van der Waals surface area (Å²) in [5.41, 5.74) is 0.263. The minimum atomic E-state index is -1.85. The topological polar surface area (TPSA) is 35.5 Å². The number of benzene rings is 2. The summed E-state index contributed by atoms with van der Waals surface area (Å²) in [6, 6.07) is 14.5. The van der Waals surface area contributed by atoms with Crippen LogP contribution in [0, 0.1) is 5.41 Å². The zero-order valence-electron chi connectivity index (χ0n) is 14.8. The molecule has 0 spiro atoms. The van der Waals surface area contributed by atoms with E-state index in [1.54, 1.807) is 0 Å². The Labute approximate surface area is 139 Å². The minimum Gasteiger partial charge on any atom is -0.469 e. The van der Waals surface area contributed by atoms with E-state index in [4.69, 9.17) is 9.16 Å². The van der Waals surface area contributed by atoms with E-state index < -0.39 is 13.7 Å². The highest BCUT2D eigenvalue weighted by atomic mass is 28.4. The van der Waals surface area contributed by atoms with E-state index in [0.717, 1.165) is 10.9 Å². The molecule has 0 amide bonds. The zero-order valence-corrected chi connectivity index (χ0v) is 15.8. The third kappa shape index (κ3) is 4.01. The molecule has 1 unspecified atom stereocenters. The van der Waals surface area contributed by atoms with E-state index in [1.165, 1.54) is 12.5 Å². The molecule has 0 saturated heterocycles. The van der Waals surface area contributed by atoms with Crippen molar-refractivity contribution in [3.63, 3.8) is 0 Å². The van der Waals surface area contributed by atoms with E-state index in [1.807, 2.05) is 26.0 Å². The maximum Gasteiger partial charge on any atom is 0.314 e. The van der Waals surface area contributed by atoms with Crippen LogP contribution in [-0.2, 0) is 14.0 Å². The highest BCUT2D eigenvalue weighted by molar-refractivity contribution is 6.69. The SMILES string of the molecule is COC(=O)C(C)(C)C(O[Si](C)(C)C)c1ccc2ccccc2c1. The lowest BCUT2D eigenvalue weighted by atomic mass is 9.82. The molecule has 2 aromatic carbocycles. The first-order chi connectivity index (χ1) is 10.6. The van der Waals surface area contributed by atoms with Gasteiger partial charge in [-0.2, -0.15) is 0 Å². The zero-order chi connectivity index (χ0) is 17.3. The molecule has 0 heterocycles. The van der Waals surface area contributed by atoms with Gasteiger partial charge in [0.1, 0.15) is 0 Å². The number of fused-ring (bicyclic) bond motifs is 1. The van der Waals surface area contributed by atoms with Crippen LogP contribution in [0.25, 0.3) is 10.8 Å². The molecular formula is C19H26O3Si. The quantitative estimate of drug-likeness (QED) is 0.576. The molecule has 23 heavy (non-hydrogen) atoms. The standard InChI is InChI=1S/C19H26O3Si/c1-19(2,18(20)21-3)17(22-23(4,5)6)16-12-11-14-9-7-8-10-15(14)13-16/h7-13,17H,1-6H3. The Morgan fingerprint density at radius 1 is 1.04 bits per heavy atom. The molecule has 1 atom stereocenters. The summed E-state index contributed by atoms with van der Waals surface area (Å²) in [5.74, 6) is -0.256. The number of hydrogen-bond donors (Lipinski definition) is 0. The van der Waals surface area contributed by atoms with Gasteiger partial charge >= 0.3 is 5.97 Å². The molecule has 0 bridgehead atoms. The first-order valence-electron chi connectivity index (χ1n) is 7.90. The Hall–Kier alpha value is -1.65. The van der Waals surface area contributed by atoms with E-state index in [9.17, 15) is 4.79 Å². The summed E-state index contributed by atoms with van der Waals surface area (Å²) in [6.07, 6.45) is -0.328. The van der Waals surface area contributed by atoms with E-state index in [0.29, 0.717) is 0 Å². The normalized spacial score (nSPS) is 13.8. The van der Waals surface area contributed by atoms with Crippen LogP contribution in [-0.4, -0.2) is 21.4 Å². The van der Waals surface area contributed by atoms with Crippen LogP contribution in [0.5, 0.6) is 0 Å². The van der Waals surface area contributed by atoms with E-state index >= 15 is 0 Å². The predicted octanol–water partition coefficient (Wildman–Crippen LogP) is 4.93. The molecule has 2 rings (SSSR count). The highest BCUT2D eigenvalue weighted by Crippen LogP contribution is 2.40. The Bertz CT molecular complexity index is 701. The molecule has 2 aromatic rings. The molecule has 3 nitrogen and oxygen atoms in total. The number of carbonyl (C=O) groups is 1. The van der Waals surface area contributed by atoms with Crippen molar-refractivity contribution in [1.82, 2.24) is 0 Å². The fourth-order valence-corrected chi connectivity index (χ4v) is 3.86. The molecule has 0 aliphatic rings. The van der Waals surface area contributed by atoms with Crippen LogP contribution in [0.1, 0.15) is 25.5 Å². The molecule has 0 aromatic heterocycles. The molecule has 0 aliphatic heterocycles. The number of rotatable bonds is 5. The predicted molar refractivity (Wildman–Crippen MR) is 96.9 cm³/mol. The van der Waals surface area contributed by atoms with Crippen molar-refractivity contribution in [3.05, 3.63) is 48.0 Å². The lowest BCUT2D eigenvalue weighted by Crippen LogP contribution is -2.39. The molecule has 4 heteroatoms. The van der Waals surface area contributed by atoms with Crippen LogP contribution in [0.15, 0.2) is 42.5 Å². The monoisotopic (exact) mass is 330 g/mol. The molecule has 0 N–H and O–H groups in total. The van der Waals surface area contributed by atoms with Crippen molar-refractivity contribution < 1.29 is 14.0 Å². The smallest absolute Gasteiger partial charge is 0.314 e. The van der Waals surface area contributed by atoms with Crippen molar-refractivity contribution in [2.24, 2.45) is 5.41 Å². The van der Waals surface area contributed by atoms with Crippen molar-refractivity contribution in [2.45, 2.75) is 39.6 Å². The number of carbonyl (C=O) groups excluding carboxylic acids is 1. The largest absolute Gasteiger partial charge is 0.469 e. The van der Waals surface area contributed by atoms with Gasteiger partial charge < -0.3 is 9.16 Å². The van der Waals surface area contributed by atoms with Gasteiger partial charge in [0.05, 0.1) is 18.6 Å². The lowest BCUT2D eigenvalue weighted by molar-refractivity contribution is -0.156. The molecule has 0 radical (unpaired) electrons. The Kier molecular flexibility index (Phi) is 4.97. The van der Waals surface area contributed by atoms with Crippen LogP contribution >= 0.6 is 0 Å². The van der Waals surface area contributed by atoms with Gasteiger partial charge in [0.2, 0.25) is 0 Å². The average Bonchev–Trinajstić information content (AvgIpc) is 2.50. The third-order valence-electron chi connectivity index (χ3n) is 3.91.